The van der Waals surface area contributed by atoms with E-state index >= 15 is 0 Å². The van der Waals surface area contributed by atoms with Gasteiger partial charge in [-0.1, -0.05) is 24.6 Å². The number of sulfonamides is 1. The summed E-state index contributed by atoms with van der Waals surface area (Å²) in [4.78, 5) is 13.7. The summed E-state index contributed by atoms with van der Waals surface area (Å²) < 4.78 is 27.8. The molecule has 2 fully saturated rings. The van der Waals surface area contributed by atoms with Crippen molar-refractivity contribution < 1.29 is 13.3 Å². The number of para-hydroxylation sites is 1. The van der Waals surface area contributed by atoms with Gasteiger partial charge in [0, 0.05) is 31.2 Å². The Labute approximate surface area is 183 Å². The van der Waals surface area contributed by atoms with Gasteiger partial charge in [-0.3, -0.25) is 19.3 Å². The first-order valence-electron chi connectivity index (χ1n) is 10.8. The lowest BCUT2D eigenvalue weighted by atomic mass is 9.99. The van der Waals surface area contributed by atoms with Gasteiger partial charge in [-0.05, 0) is 57.0 Å². The molecule has 166 valence electrons. The molecule has 0 aliphatic carbocycles. The van der Waals surface area contributed by atoms with Gasteiger partial charge in [0.15, 0.2) is 0 Å². The Morgan fingerprint density at radius 3 is 2.61 bits per heavy atom. The Morgan fingerprint density at radius 2 is 1.90 bits per heavy atom. The second-order valence-corrected chi connectivity index (χ2v) is 9.94. The number of rotatable bonds is 7. The van der Waals surface area contributed by atoms with E-state index in [2.05, 4.69) is 10.2 Å². The van der Waals surface area contributed by atoms with Crippen molar-refractivity contribution in [3.63, 3.8) is 0 Å². The minimum atomic E-state index is -3.93. The summed E-state index contributed by atoms with van der Waals surface area (Å²) in [5.74, 6) is 0. The van der Waals surface area contributed by atoms with Crippen molar-refractivity contribution in [1.82, 2.24) is 4.90 Å². The summed E-state index contributed by atoms with van der Waals surface area (Å²) in [6, 6.07) is 13.5. The summed E-state index contributed by atoms with van der Waals surface area (Å²) in [5.41, 5.74) is 0.696. The first kappa shape index (κ1) is 21.6. The van der Waals surface area contributed by atoms with Crippen LogP contribution in [0.2, 0.25) is 0 Å². The molecule has 2 atom stereocenters. The van der Waals surface area contributed by atoms with E-state index in [4.69, 9.17) is 0 Å². The van der Waals surface area contributed by atoms with E-state index in [-0.39, 0.29) is 23.2 Å². The molecule has 0 aromatic heterocycles. The van der Waals surface area contributed by atoms with Crippen LogP contribution in [-0.2, 0) is 10.0 Å². The summed E-state index contributed by atoms with van der Waals surface area (Å²) in [7, 11) is -3.93. The third kappa shape index (κ3) is 4.24. The molecule has 2 aromatic carbocycles. The topological polar surface area (TPSA) is 95.8 Å². The monoisotopic (exact) mass is 444 g/mol. The second-order valence-electron chi connectivity index (χ2n) is 8.08. The van der Waals surface area contributed by atoms with E-state index in [1.165, 1.54) is 35.3 Å². The van der Waals surface area contributed by atoms with Crippen molar-refractivity contribution >= 4 is 27.1 Å². The number of fused-ring (bicyclic) bond motifs is 1. The van der Waals surface area contributed by atoms with E-state index in [1.54, 1.807) is 31.2 Å². The lowest BCUT2D eigenvalue weighted by molar-refractivity contribution is -0.384. The fourth-order valence-electron chi connectivity index (χ4n) is 4.77. The molecule has 2 saturated heterocycles. The number of nitro groups is 1. The van der Waals surface area contributed by atoms with Gasteiger partial charge in [-0.2, -0.15) is 0 Å². The Balaban J connectivity index is 1.63. The van der Waals surface area contributed by atoms with Gasteiger partial charge in [0.1, 0.15) is 5.69 Å². The van der Waals surface area contributed by atoms with Gasteiger partial charge >= 0.3 is 0 Å². The maximum atomic E-state index is 13.3. The SMILES string of the molecule is CCN(c1ccccc1)S(=O)(=O)c1ccc(N[C@@H]2CCN3CCCC[C@@H]23)c([N+](=O)[O-])c1. The molecule has 2 aliphatic rings. The summed E-state index contributed by atoms with van der Waals surface area (Å²) in [6.07, 6.45) is 4.39. The number of piperidine rings is 1. The maximum Gasteiger partial charge on any atom is 0.293 e. The molecular weight excluding hydrogens is 416 g/mol. The Bertz CT molecular complexity index is 1040. The van der Waals surface area contributed by atoms with E-state index in [0.717, 1.165) is 25.9 Å². The number of nitrogens with zero attached hydrogens (tertiary/aromatic N) is 3. The highest BCUT2D eigenvalue weighted by atomic mass is 32.2. The number of nitrogens with one attached hydrogen (secondary N) is 1. The summed E-state index contributed by atoms with van der Waals surface area (Å²) in [6.45, 7) is 4.03. The van der Waals surface area contributed by atoms with Crippen LogP contribution >= 0.6 is 0 Å². The van der Waals surface area contributed by atoms with Crippen LogP contribution in [0.15, 0.2) is 53.4 Å². The maximum absolute atomic E-state index is 13.3. The van der Waals surface area contributed by atoms with Crippen molar-refractivity contribution in [1.29, 1.82) is 0 Å². The fraction of sp³-hybridized carbons (Fsp3) is 0.455. The highest BCUT2D eigenvalue weighted by molar-refractivity contribution is 7.92. The fourth-order valence-corrected chi connectivity index (χ4v) is 6.27. The predicted molar refractivity (Wildman–Crippen MR) is 121 cm³/mol. The van der Waals surface area contributed by atoms with Crippen molar-refractivity contribution in [2.75, 3.05) is 29.3 Å². The molecule has 8 nitrogen and oxygen atoms in total. The van der Waals surface area contributed by atoms with Crippen LogP contribution in [0.1, 0.15) is 32.6 Å². The van der Waals surface area contributed by atoms with Crippen LogP contribution in [0.5, 0.6) is 0 Å². The van der Waals surface area contributed by atoms with Crippen molar-refractivity contribution in [3.05, 3.63) is 58.6 Å². The van der Waals surface area contributed by atoms with Gasteiger partial charge in [0.05, 0.1) is 15.5 Å². The molecule has 4 rings (SSSR count). The molecule has 0 spiro atoms. The lowest BCUT2D eigenvalue weighted by Crippen LogP contribution is -2.41. The van der Waals surface area contributed by atoms with Crippen LogP contribution in [0.3, 0.4) is 0 Å². The van der Waals surface area contributed by atoms with E-state index < -0.39 is 14.9 Å². The van der Waals surface area contributed by atoms with Gasteiger partial charge in [0.2, 0.25) is 0 Å². The molecule has 2 heterocycles. The highest BCUT2D eigenvalue weighted by Gasteiger charge is 2.36. The highest BCUT2D eigenvalue weighted by Crippen LogP contribution is 2.34. The lowest BCUT2D eigenvalue weighted by Gasteiger charge is -2.32. The third-order valence-electron chi connectivity index (χ3n) is 6.28. The average Bonchev–Trinajstić information content (AvgIpc) is 3.18. The molecule has 0 unspecified atom stereocenters. The zero-order chi connectivity index (χ0) is 22.0. The Morgan fingerprint density at radius 1 is 1.13 bits per heavy atom. The number of hydrogen-bond acceptors (Lipinski definition) is 6. The smallest absolute Gasteiger partial charge is 0.293 e. The minimum absolute atomic E-state index is 0.0823. The molecule has 1 N–H and O–H groups in total. The number of hydrogen-bond donors (Lipinski definition) is 1. The van der Waals surface area contributed by atoms with Crippen LogP contribution in [0.4, 0.5) is 17.1 Å². The standard InChI is InChI=1S/C22H28N4O4S/c1-2-25(17-8-4-3-5-9-17)31(29,30)18-11-12-19(22(16-18)26(27)28)23-20-13-15-24-14-7-6-10-21(20)24/h3-5,8-9,11-12,16,20-21,23H,2,6-7,10,13-15H2,1H3/t20-,21+/m1/s1. The molecule has 9 heteroatoms. The average molecular weight is 445 g/mol. The zero-order valence-electron chi connectivity index (χ0n) is 17.6. The number of benzene rings is 2. The molecule has 2 aromatic rings. The van der Waals surface area contributed by atoms with Crippen LogP contribution in [0.25, 0.3) is 0 Å². The quantitative estimate of drug-likeness (QED) is 0.515. The Hall–Kier alpha value is -2.65. The summed E-state index contributed by atoms with van der Waals surface area (Å²) in [5, 5.41) is 15.2. The van der Waals surface area contributed by atoms with Crippen molar-refractivity contribution in [2.24, 2.45) is 0 Å². The van der Waals surface area contributed by atoms with Crippen LogP contribution in [0, 0.1) is 10.1 Å². The van der Waals surface area contributed by atoms with Gasteiger partial charge in [-0.25, -0.2) is 8.42 Å². The molecule has 31 heavy (non-hydrogen) atoms. The number of nitro benzene ring substituents is 1. The molecule has 0 saturated carbocycles. The van der Waals surface area contributed by atoms with Gasteiger partial charge in [-0.15, -0.1) is 0 Å². The van der Waals surface area contributed by atoms with Crippen LogP contribution < -0.4 is 9.62 Å². The van der Waals surface area contributed by atoms with E-state index in [9.17, 15) is 18.5 Å². The zero-order valence-corrected chi connectivity index (χ0v) is 18.4. The molecule has 0 amide bonds. The normalized spacial score (nSPS) is 21.5. The second kappa shape index (κ2) is 8.84. The molecule has 0 radical (unpaired) electrons. The predicted octanol–water partition coefficient (Wildman–Crippen LogP) is 3.85. The van der Waals surface area contributed by atoms with Crippen molar-refractivity contribution in [2.45, 2.75) is 49.6 Å². The molecule has 2 aliphatic heterocycles. The van der Waals surface area contributed by atoms with Gasteiger partial charge < -0.3 is 5.32 Å². The van der Waals surface area contributed by atoms with E-state index in [0.29, 0.717) is 17.4 Å². The minimum Gasteiger partial charge on any atom is -0.375 e. The summed E-state index contributed by atoms with van der Waals surface area (Å²) >= 11 is 0. The first-order valence-corrected chi connectivity index (χ1v) is 12.2. The van der Waals surface area contributed by atoms with E-state index in [1.807, 2.05) is 6.07 Å². The van der Waals surface area contributed by atoms with Crippen molar-refractivity contribution in [3.8, 4) is 0 Å². The Kier molecular flexibility index (Phi) is 6.15. The third-order valence-corrected chi connectivity index (χ3v) is 8.18. The van der Waals surface area contributed by atoms with Crippen LogP contribution in [-0.4, -0.2) is 50.0 Å². The van der Waals surface area contributed by atoms with Gasteiger partial charge in [0.25, 0.3) is 15.7 Å². The first-order chi connectivity index (χ1) is 14.9. The largest absolute Gasteiger partial charge is 0.375 e. The molecular formula is C22H28N4O4S. The molecule has 0 bridgehead atoms. The number of anilines is 2.